The van der Waals surface area contributed by atoms with Crippen molar-refractivity contribution in [1.29, 1.82) is 0 Å². The molecule has 1 unspecified atom stereocenters. The van der Waals surface area contributed by atoms with Gasteiger partial charge in [-0.05, 0) is 0 Å². The monoisotopic (exact) mass is 280 g/mol. The normalized spacial score (nSPS) is 17.1. The Labute approximate surface area is 87.3 Å². The van der Waals surface area contributed by atoms with Crippen LogP contribution < -0.4 is 11.3 Å². The highest BCUT2D eigenvalue weighted by atomic mass is 19.4. The van der Waals surface area contributed by atoms with Gasteiger partial charge in [0.1, 0.15) is 0 Å². The van der Waals surface area contributed by atoms with E-state index in [0.29, 0.717) is 5.43 Å². The second kappa shape index (κ2) is 4.17. The fourth-order valence-electron chi connectivity index (χ4n) is 0.664. The lowest BCUT2D eigenvalue weighted by molar-refractivity contribution is -0.407. The maximum Gasteiger partial charge on any atom is 0.460 e. The lowest BCUT2D eigenvalue weighted by atomic mass is 10.0. The zero-order chi connectivity index (χ0) is 14.3. The SMILES string of the molecule is NNC(O)C(F)(F)C(F)(F)C(F)(F)C(F)(F)F. The van der Waals surface area contributed by atoms with Gasteiger partial charge in [0.2, 0.25) is 0 Å². The summed E-state index contributed by atoms with van der Waals surface area (Å²) in [5.41, 5.74) is 0.560. The van der Waals surface area contributed by atoms with E-state index in [0.717, 1.165) is 0 Å². The summed E-state index contributed by atoms with van der Waals surface area (Å²) in [5.74, 6) is -16.0. The van der Waals surface area contributed by atoms with E-state index in [2.05, 4.69) is 5.84 Å². The van der Waals surface area contributed by atoms with Crippen LogP contribution in [0, 0.1) is 0 Å². The number of aliphatic hydroxyl groups excluding tert-OH is 1. The minimum Gasteiger partial charge on any atom is -0.371 e. The van der Waals surface area contributed by atoms with Crippen LogP contribution in [0.4, 0.5) is 39.5 Å². The lowest BCUT2D eigenvalue weighted by Crippen LogP contribution is -2.67. The quantitative estimate of drug-likeness (QED) is 0.314. The third-order valence-corrected chi connectivity index (χ3v) is 1.67. The molecular weight excluding hydrogens is 275 g/mol. The molecule has 17 heavy (non-hydrogen) atoms. The number of hydrazine groups is 1. The highest BCUT2D eigenvalue weighted by Gasteiger charge is 2.83. The largest absolute Gasteiger partial charge is 0.460 e. The molecule has 0 amide bonds. The van der Waals surface area contributed by atoms with Crippen LogP contribution in [0.25, 0.3) is 0 Å². The van der Waals surface area contributed by atoms with Crippen molar-refractivity contribution in [3.05, 3.63) is 0 Å². The first-order valence-electron chi connectivity index (χ1n) is 3.58. The molecule has 0 heterocycles. The third-order valence-electron chi connectivity index (χ3n) is 1.67. The number of hydrogen-bond donors (Lipinski definition) is 3. The fraction of sp³-hybridized carbons (Fsp3) is 1.00. The van der Waals surface area contributed by atoms with Crippen LogP contribution in [0.1, 0.15) is 0 Å². The number of halogens is 9. The van der Waals surface area contributed by atoms with E-state index in [1.807, 2.05) is 0 Å². The van der Waals surface area contributed by atoms with Crippen molar-refractivity contribution < 1.29 is 44.6 Å². The second-order valence-corrected chi connectivity index (χ2v) is 2.84. The van der Waals surface area contributed by atoms with Gasteiger partial charge in [-0.3, -0.25) is 5.84 Å². The molecule has 1 atom stereocenters. The Morgan fingerprint density at radius 3 is 1.41 bits per heavy atom. The van der Waals surface area contributed by atoms with Crippen molar-refractivity contribution >= 4 is 0 Å². The Bertz CT molecular complexity index is 275. The molecule has 0 aromatic rings. The van der Waals surface area contributed by atoms with E-state index in [4.69, 9.17) is 5.11 Å². The number of hydrogen-bond acceptors (Lipinski definition) is 3. The Morgan fingerprint density at radius 2 is 1.18 bits per heavy atom. The van der Waals surface area contributed by atoms with Crippen molar-refractivity contribution in [2.75, 3.05) is 0 Å². The summed E-state index contributed by atoms with van der Waals surface area (Å²) in [7, 11) is 0. The molecule has 0 aromatic heterocycles. The summed E-state index contributed by atoms with van der Waals surface area (Å²) in [6.45, 7) is 0. The van der Waals surface area contributed by atoms with Gasteiger partial charge in [-0.15, -0.1) is 0 Å². The van der Waals surface area contributed by atoms with Crippen LogP contribution in [0.2, 0.25) is 0 Å². The summed E-state index contributed by atoms with van der Waals surface area (Å²) in [6.07, 6.45) is -10.7. The molecule has 0 fully saturated rings. The standard InChI is InChI=1S/C5H5F9N2O/c6-2(7,1(17)16-15)3(8,9)4(10,11)5(12,13)14/h1,16-17H,15H2. The molecule has 0 radical (unpaired) electrons. The van der Waals surface area contributed by atoms with Crippen LogP contribution in [-0.2, 0) is 0 Å². The number of nitrogens with one attached hydrogen (secondary N) is 1. The van der Waals surface area contributed by atoms with Gasteiger partial charge in [-0.2, -0.15) is 39.5 Å². The number of aliphatic hydroxyl groups is 1. The zero-order valence-electron chi connectivity index (χ0n) is 7.50. The van der Waals surface area contributed by atoms with E-state index >= 15 is 0 Å². The van der Waals surface area contributed by atoms with Gasteiger partial charge in [0.25, 0.3) is 0 Å². The Hall–Kier alpha value is -0.750. The zero-order valence-corrected chi connectivity index (χ0v) is 7.50. The van der Waals surface area contributed by atoms with Crippen LogP contribution >= 0.6 is 0 Å². The molecule has 0 bridgehead atoms. The molecule has 0 aliphatic rings. The molecule has 4 N–H and O–H groups in total. The molecule has 12 heteroatoms. The average Bonchev–Trinajstić information content (AvgIpc) is 2.13. The summed E-state index contributed by atoms with van der Waals surface area (Å²) in [6, 6.07) is 0. The van der Waals surface area contributed by atoms with E-state index in [1.54, 1.807) is 0 Å². The van der Waals surface area contributed by atoms with E-state index in [-0.39, 0.29) is 0 Å². The Kier molecular flexibility index (Phi) is 3.99. The fourth-order valence-corrected chi connectivity index (χ4v) is 0.664. The second-order valence-electron chi connectivity index (χ2n) is 2.84. The van der Waals surface area contributed by atoms with Crippen molar-refractivity contribution in [2.45, 2.75) is 30.2 Å². The number of alkyl halides is 9. The topological polar surface area (TPSA) is 58.3 Å². The highest BCUT2D eigenvalue weighted by molar-refractivity contribution is 5.02. The summed E-state index contributed by atoms with van der Waals surface area (Å²) in [5, 5.41) is 8.18. The number of nitrogens with two attached hydrogens (primary N) is 1. The maximum absolute atomic E-state index is 12.5. The van der Waals surface area contributed by atoms with Gasteiger partial charge < -0.3 is 5.11 Å². The van der Waals surface area contributed by atoms with Crippen LogP contribution in [0.15, 0.2) is 0 Å². The van der Waals surface area contributed by atoms with Crippen molar-refractivity contribution in [3.8, 4) is 0 Å². The first-order valence-corrected chi connectivity index (χ1v) is 3.58. The van der Waals surface area contributed by atoms with Crippen molar-refractivity contribution in [3.63, 3.8) is 0 Å². The van der Waals surface area contributed by atoms with E-state index < -0.39 is 30.2 Å². The summed E-state index contributed by atoms with van der Waals surface area (Å²) >= 11 is 0. The van der Waals surface area contributed by atoms with Gasteiger partial charge in [0, 0.05) is 0 Å². The van der Waals surface area contributed by atoms with Gasteiger partial charge in [0.15, 0.2) is 6.23 Å². The van der Waals surface area contributed by atoms with Gasteiger partial charge in [-0.1, -0.05) is 0 Å². The first kappa shape index (κ1) is 16.2. The molecular formula is C5H5F9N2O. The molecule has 0 saturated carbocycles. The van der Waals surface area contributed by atoms with Crippen molar-refractivity contribution in [1.82, 2.24) is 5.43 Å². The predicted octanol–water partition coefficient (Wildman–Crippen LogP) is 1.24. The Balaban J connectivity index is 5.55. The molecule has 104 valence electrons. The minimum absolute atomic E-state index is 0.560. The smallest absolute Gasteiger partial charge is 0.371 e. The third kappa shape index (κ3) is 2.28. The molecule has 0 aliphatic heterocycles. The summed E-state index contributed by atoms with van der Waals surface area (Å²) < 4.78 is 109. The lowest BCUT2D eigenvalue weighted by Gasteiger charge is -2.35. The predicted molar refractivity (Wildman–Crippen MR) is 34.2 cm³/mol. The molecule has 0 spiro atoms. The molecule has 0 saturated heterocycles. The van der Waals surface area contributed by atoms with E-state index in [9.17, 15) is 39.5 Å². The molecule has 0 aliphatic carbocycles. The molecule has 3 nitrogen and oxygen atoms in total. The van der Waals surface area contributed by atoms with Gasteiger partial charge in [0.05, 0.1) is 0 Å². The first-order chi connectivity index (χ1) is 7.23. The Morgan fingerprint density at radius 1 is 0.824 bits per heavy atom. The highest BCUT2D eigenvalue weighted by Crippen LogP contribution is 2.53. The molecule has 0 rings (SSSR count). The minimum atomic E-state index is -7.04. The maximum atomic E-state index is 12.5. The molecule has 0 aromatic carbocycles. The van der Waals surface area contributed by atoms with Crippen LogP contribution in [0.5, 0.6) is 0 Å². The van der Waals surface area contributed by atoms with Crippen molar-refractivity contribution in [2.24, 2.45) is 5.84 Å². The van der Waals surface area contributed by atoms with Crippen LogP contribution in [0.3, 0.4) is 0 Å². The van der Waals surface area contributed by atoms with Crippen LogP contribution in [-0.4, -0.2) is 35.3 Å². The van der Waals surface area contributed by atoms with E-state index in [1.165, 1.54) is 0 Å². The van der Waals surface area contributed by atoms with Gasteiger partial charge >= 0.3 is 23.9 Å². The number of rotatable bonds is 4. The average molecular weight is 280 g/mol. The summed E-state index contributed by atoms with van der Waals surface area (Å²) in [4.78, 5) is 0. The van der Waals surface area contributed by atoms with Gasteiger partial charge in [-0.25, -0.2) is 5.43 Å².